The highest BCUT2D eigenvalue weighted by Crippen LogP contribution is 2.38. The molecule has 0 saturated heterocycles. The van der Waals surface area contributed by atoms with E-state index >= 15 is 0 Å². The Balaban J connectivity index is 2.48. The Kier molecular flexibility index (Phi) is 5.99. The minimum absolute atomic E-state index is 0.0191. The third-order valence-electron chi connectivity index (χ3n) is 4.35. The summed E-state index contributed by atoms with van der Waals surface area (Å²) >= 11 is 0. The van der Waals surface area contributed by atoms with Crippen LogP contribution in [0, 0.1) is 10.8 Å². The summed E-state index contributed by atoms with van der Waals surface area (Å²) in [6.07, 6.45) is 6.05. The number of amides is 1. The number of carbonyl (C=O) groups excluding carboxylic acids is 2. The second-order valence-corrected chi connectivity index (χ2v) is 6.59. The predicted molar refractivity (Wildman–Crippen MR) is 78.0 cm³/mol. The molecule has 0 atom stereocenters. The minimum Gasteiger partial charge on any atom is -0.469 e. The molecule has 1 aliphatic rings. The van der Waals surface area contributed by atoms with Crippen molar-refractivity contribution in [3.05, 3.63) is 0 Å². The molecule has 116 valence electrons. The summed E-state index contributed by atoms with van der Waals surface area (Å²) in [5.74, 6) is -0.335. The van der Waals surface area contributed by atoms with E-state index in [1.807, 2.05) is 0 Å². The quantitative estimate of drug-likeness (QED) is 0.726. The molecular formula is C15H28N2O3. The lowest BCUT2D eigenvalue weighted by Crippen LogP contribution is -2.43. The summed E-state index contributed by atoms with van der Waals surface area (Å²) < 4.78 is 4.73. The molecule has 1 fully saturated rings. The van der Waals surface area contributed by atoms with Gasteiger partial charge in [0.2, 0.25) is 5.91 Å². The van der Waals surface area contributed by atoms with Gasteiger partial charge in [-0.05, 0) is 38.6 Å². The molecule has 0 aromatic rings. The van der Waals surface area contributed by atoms with Crippen LogP contribution in [0.5, 0.6) is 0 Å². The second-order valence-electron chi connectivity index (χ2n) is 6.59. The highest BCUT2D eigenvalue weighted by atomic mass is 16.5. The number of nitrogens with one attached hydrogen (secondary N) is 1. The average molecular weight is 284 g/mol. The Bertz CT molecular complexity index is 347. The third kappa shape index (κ3) is 4.47. The van der Waals surface area contributed by atoms with Crippen molar-refractivity contribution in [3.63, 3.8) is 0 Å². The first-order chi connectivity index (χ1) is 9.35. The van der Waals surface area contributed by atoms with E-state index in [2.05, 4.69) is 5.32 Å². The maximum atomic E-state index is 12.1. The van der Waals surface area contributed by atoms with Gasteiger partial charge in [0, 0.05) is 13.0 Å². The molecule has 0 radical (unpaired) electrons. The van der Waals surface area contributed by atoms with Crippen LogP contribution in [0.4, 0.5) is 0 Å². The number of hydrogen-bond donors (Lipinski definition) is 2. The summed E-state index contributed by atoms with van der Waals surface area (Å²) in [4.78, 5) is 23.7. The Morgan fingerprint density at radius 1 is 1.25 bits per heavy atom. The molecule has 3 N–H and O–H groups in total. The topological polar surface area (TPSA) is 81.4 Å². The zero-order chi connectivity index (χ0) is 15.2. The molecule has 1 amide bonds. The molecule has 1 rings (SSSR count). The lowest BCUT2D eigenvalue weighted by Gasteiger charge is -2.36. The smallest absolute Gasteiger partial charge is 0.313 e. The molecule has 0 aromatic heterocycles. The van der Waals surface area contributed by atoms with Gasteiger partial charge in [-0.15, -0.1) is 0 Å². The first kappa shape index (κ1) is 17.0. The molecule has 5 heteroatoms. The van der Waals surface area contributed by atoms with Gasteiger partial charge in [0.15, 0.2) is 0 Å². The Morgan fingerprint density at radius 2 is 1.85 bits per heavy atom. The fourth-order valence-electron chi connectivity index (χ4n) is 2.83. The number of ether oxygens (including phenoxy) is 1. The lowest BCUT2D eigenvalue weighted by atomic mass is 9.71. The maximum absolute atomic E-state index is 12.1. The van der Waals surface area contributed by atoms with Gasteiger partial charge in [-0.2, -0.15) is 0 Å². The summed E-state index contributed by atoms with van der Waals surface area (Å²) in [5.41, 5.74) is 5.14. The van der Waals surface area contributed by atoms with Crippen molar-refractivity contribution in [2.75, 3.05) is 20.2 Å². The molecule has 1 saturated carbocycles. The molecule has 0 spiro atoms. The Labute approximate surface area is 121 Å². The summed E-state index contributed by atoms with van der Waals surface area (Å²) in [7, 11) is 1.36. The number of carbonyl (C=O) groups is 2. The third-order valence-corrected chi connectivity index (χ3v) is 4.35. The molecule has 0 bridgehead atoms. The lowest BCUT2D eigenvalue weighted by molar-refractivity contribution is -0.150. The van der Waals surface area contributed by atoms with Crippen LogP contribution in [-0.2, 0) is 14.3 Å². The number of hydrogen-bond acceptors (Lipinski definition) is 4. The van der Waals surface area contributed by atoms with Gasteiger partial charge in [0.25, 0.3) is 0 Å². The van der Waals surface area contributed by atoms with Crippen molar-refractivity contribution >= 4 is 11.9 Å². The molecule has 5 nitrogen and oxygen atoms in total. The van der Waals surface area contributed by atoms with E-state index in [4.69, 9.17) is 10.5 Å². The van der Waals surface area contributed by atoms with Gasteiger partial charge in [0.05, 0.1) is 12.5 Å². The molecule has 20 heavy (non-hydrogen) atoms. The number of rotatable bonds is 6. The maximum Gasteiger partial charge on any atom is 0.313 e. The molecule has 0 aliphatic heterocycles. The second kappa shape index (κ2) is 7.07. The highest BCUT2D eigenvalue weighted by Gasteiger charge is 2.34. The van der Waals surface area contributed by atoms with E-state index in [1.165, 1.54) is 13.5 Å². The van der Waals surface area contributed by atoms with E-state index < -0.39 is 5.41 Å². The fraction of sp³-hybridized carbons (Fsp3) is 0.867. The van der Waals surface area contributed by atoms with Crippen LogP contribution in [0.1, 0.15) is 52.4 Å². The zero-order valence-electron chi connectivity index (χ0n) is 13.0. The number of methoxy groups -OCH3 is 1. The van der Waals surface area contributed by atoms with Crippen LogP contribution < -0.4 is 11.1 Å². The van der Waals surface area contributed by atoms with Crippen molar-refractivity contribution in [2.45, 2.75) is 52.4 Å². The van der Waals surface area contributed by atoms with Crippen LogP contribution >= 0.6 is 0 Å². The largest absolute Gasteiger partial charge is 0.469 e. The summed E-state index contributed by atoms with van der Waals surface area (Å²) in [6, 6.07) is 0. The van der Waals surface area contributed by atoms with Crippen LogP contribution in [0.3, 0.4) is 0 Å². The first-order valence-corrected chi connectivity index (χ1v) is 7.40. The van der Waals surface area contributed by atoms with Crippen molar-refractivity contribution in [1.29, 1.82) is 0 Å². The van der Waals surface area contributed by atoms with E-state index in [0.717, 1.165) is 25.7 Å². The van der Waals surface area contributed by atoms with Gasteiger partial charge in [0.1, 0.15) is 0 Å². The van der Waals surface area contributed by atoms with Crippen molar-refractivity contribution in [3.8, 4) is 0 Å². The van der Waals surface area contributed by atoms with Crippen LogP contribution in [0.2, 0.25) is 0 Å². The average Bonchev–Trinajstić information content (AvgIpc) is 2.45. The van der Waals surface area contributed by atoms with Crippen molar-refractivity contribution in [1.82, 2.24) is 5.32 Å². The monoisotopic (exact) mass is 284 g/mol. The Morgan fingerprint density at radius 3 is 2.35 bits per heavy atom. The molecule has 1 aliphatic carbocycles. The molecule has 0 heterocycles. The predicted octanol–water partition coefficient (Wildman–Crippen LogP) is 1.60. The molecular weight excluding hydrogens is 256 g/mol. The van der Waals surface area contributed by atoms with Crippen molar-refractivity contribution < 1.29 is 14.3 Å². The van der Waals surface area contributed by atoms with Crippen LogP contribution in [-0.4, -0.2) is 32.1 Å². The van der Waals surface area contributed by atoms with E-state index in [9.17, 15) is 9.59 Å². The summed E-state index contributed by atoms with van der Waals surface area (Å²) in [6.45, 7) is 4.37. The Hall–Kier alpha value is -1.10. The number of nitrogens with two attached hydrogens (primary N) is 1. The SMILES string of the molecule is COC(=O)C(C)(C)CNC(=O)CC1(CN)CCCCC1. The van der Waals surface area contributed by atoms with Gasteiger partial charge in [-0.1, -0.05) is 19.3 Å². The standard InChI is InChI=1S/C15H28N2O3/c1-14(2,13(19)20-3)11-17-12(18)9-15(10-16)7-5-4-6-8-15/h4-11,16H2,1-3H3,(H,17,18). The van der Waals surface area contributed by atoms with Gasteiger partial charge in [-0.25, -0.2) is 0 Å². The number of esters is 1. The van der Waals surface area contributed by atoms with Crippen molar-refractivity contribution in [2.24, 2.45) is 16.6 Å². The van der Waals surface area contributed by atoms with Gasteiger partial charge in [-0.3, -0.25) is 9.59 Å². The van der Waals surface area contributed by atoms with E-state index in [0.29, 0.717) is 19.5 Å². The minimum atomic E-state index is -0.702. The normalized spacial score (nSPS) is 18.4. The zero-order valence-corrected chi connectivity index (χ0v) is 13.0. The van der Waals surface area contributed by atoms with Gasteiger partial charge >= 0.3 is 5.97 Å². The fourth-order valence-corrected chi connectivity index (χ4v) is 2.83. The highest BCUT2D eigenvalue weighted by molar-refractivity contribution is 5.79. The summed E-state index contributed by atoms with van der Waals surface area (Å²) in [5, 5.41) is 2.85. The van der Waals surface area contributed by atoms with Gasteiger partial charge < -0.3 is 15.8 Å². The van der Waals surface area contributed by atoms with E-state index in [-0.39, 0.29) is 17.3 Å². The first-order valence-electron chi connectivity index (χ1n) is 7.40. The molecule has 0 unspecified atom stereocenters. The van der Waals surface area contributed by atoms with Crippen LogP contribution in [0.15, 0.2) is 0 Å². The molecule has 0 aromatic carbocycles. The van der Waals surface area contributed by atoms with E-state index in [1.54, 1.807) is 13.8 Å². The van der Waals surface area contributed by atoms with Crippen LogP contribution in [0.25, 0.3) is 0 Å².